The van der Waals surface area contributed by atoms with Crippen molar-refractivity contribution in [3.8, 4) is 18.4 Å². The molecule has 6 heteroatoms. The van der Waals surface area contributed by atoms with Gasteiger partial charge >= 0.3 is 0 Å². The molecule has 20 heavy (non-hydrogen) atoms. The van der Waals surface area contributed by atoms with Gasteiger partial charge in [-0.2, -0.15) is 9.57 Å². The van der Waals surface area contributed by atoms with Gasteiger partial charge in [0.05, 0.1) is 23.1 Å². The Labute approximate surface area is 119 Å². The fraction of sp³-hybridized carbons (Fsp3) is 0.357. The average molecular weight is 289 g/mol. The molecule has 0 bridgehead atoms. The third kappa shape index (κ3) is 3.00. The third-order valence-corrected chi connectivity index (χ3v) is 5.18. The molecule has 0 aromatic heterocycles. The maximum atomic E-state index is 12.4. The highest BCUT2D eigenvalue weighted by Crippen LogP contribution is 2.18. The van der Waals surface area contributed by atoms with Crippen LogP contribution in [0.25, 0.3) is 0 Å². The first-order valence-corrected chi connectivity index (χ1v) is 7.68. The van der Waals surface area contributed by atoms with E-state index in [0.717, 1.165) is 0 Å². The van der Waals surface area contributed by atoms with E-state index in [4.69, 9.17) is 11.7 Å². The summed E-state index contributed by atoms with van der Waals surface area (Å²) in [6.07, 6.45) is 5.25. The molecule has 5 nitrogen and oxygen atoms in total. The molecule has 2 rings (SSSR count). The van der Waals surface area contributed by atoms with Gasteiger partial charge in [-0.15, -0.1) is 6.42 Å². The summed E-state index contributed by atoms with van der Waals surface area (Å²) in [5, 5.41) is 8.73. The molecule has 0 unspecified atom stereocenters. The minimum Gasteiger partial charge on any atom is -0.290 e. The first-order chi connectivity index (χ1) is 9.57. The third-order valence-electron chi connectivity index (χ3n) is 3.27. The molecule has 0 atom stereocenters. The highest BCUT2D eigenvalue weighted by Gasteiger charge is 2.27. The van der Waals surface area contributed by atoms with Crippen LogP contribution in [0.5, 0.6) is 0 Å². The lowest BCUT2D eigenvalue weighted by Crippen LogP contribution is -2.48. The molecule has 104 valence electrons. The first kappa shape index (κ1) is 14.5. The van der Waals surface area contributed by atoms with Crippen LogP contribution in [0.15, 0.2) is 29.2 Å². The van der Waals surface area contributed by atoms with Crippen LogP contribution in [-0.2, 0) is 10.0 Å². The van der Waals surface area contributed by atoms with Crippen molar-refractivity contribution in [1.82, 2.24) is 9.21 Å². The predicted molar refractivity (Wildman–Crippen MR) is 75.2 cm³/mol. The van der Waals surface area contributed by atoms with Crippen LogP contribution >= 0.6 is 0 Å². The Morgan fingerprint density at radius 1 is 1.15 bits per heavy atom. The number of piperazine rings is 1. The first-order valence-electron chi connectivity index (χ1n) is 6.24. The molecule has 1 aliphatic rings. The van der Waals surface area contributed by atoms with Crippen LogP contribution in [0.3, 0.4) is 0 Å². The average Bonchev–Trinajstić information content (AvgIpc) is 2.48. The van der Waals surface area contributed by atoms with Crippen molar-refractivity contribution in [3.05, 3.63) is 29.8 Å². The summed E-state index contributed by atoms with van der Waals surface area (Å²) in [5.74, 6) is 2.56. The van der Waals surface area contributed by atoms with E-state index in [0.29, 0.717) is 38.3 Å². The molecule has 0 radical (unpaired) electrons. The fourth-order valence-corrected chi connectivity index (χ4v) is 3.53. The highest BCUT2D eigenvalue weighted by molar-refractivity contribution is 7.89. The molecule has 0 spiro atoms. The molecule has 1 fully saturated rings. The number of rotatable bonds is 3. The van der Waals surface area contributed by atoms with Gasteiger partial charge in [0.2, 0.25) is 10.0 Å². The summed E-state index contributed by atoms with van der Waals surface area (Å²) in [5.41, 5.74) is 0.447. The minimum atomic E-state index is -3.48. The van der Waals surface area contributed by atoms with Gasteiger partial charge in [-0.25, -0.2) is 8.42 Å². The van der Waals surface area contributed by atoms with Gasteiger partial charge in [0.1, 0.15) is 0 Å². The summed E-state index contributed by atoms with van der Waals surface area (Å²) in [6.45, 7) is 2.69. The van der Waals surface area contributed by atoms with Crippen LogP contribution in [0.4, 0.5) is 0 Å². The molecule has 0 N–H and O–H groups in total. The van der Waals surface area contributed by atoms with Crippen LogP contribution in [0, 0.1) is 23.7 Å². The number of sulfonamides is 1. The van der Waals surface area contributed by atoms with E-state index in [1.807, 2.05) is 11.0 Å². The smallest absolute Gasteiger partial charge is 0.243 e. The number of nitrogens with zero attached hydrogens (tertiary/aromatic N) is 3. The summed E-state index contributed by atoms with van der Waals surface area (Å²) < 4.78 is 26.3. The number of hydrogen-bond donors (Lipinski definition) is 0. The lowest BCUT2D eigenvalue weighted by atomic mass is 10.2. The van der Waals surface area contributed by atoms with Gasteiger partial charge in [0.15, 0.2) is 0 Å². The molecule has 1 saturated heterocycles. The lowest BCUT2D eigenvalue weighted by Gasteiger charge is -2.32. The Morgan fingerprint density at radius 3 is 2.25 bits per heavy atom. The molecule has 1 heterocycles. The number of hydrogen-bond acceptors (Lipinski definition) is 4. The van der Waals surface area contributed by atoms with E-state index in [2.05, 4.69) is 5.92 Å². The van der Waals surface area contributed by atoms with Gasteiger partial charge in [-0.1, -0.05) is 5.92 Å². The predicted octanol–water partition coefficient (Wildman–Crippen LogP) is 0.498. The quantitative estimate of drug-likeness (QED) is 0.760. The van der Waals surface area contributed by atoms with Crippen LogP contribution in [0.1, 0.15) is 5.56 Å². The maximum absolute atomic E-state index is 12.4. The lowest BCUT2D eigenvalue weighted by molar-refractivity contribution is 0.207. The SMILES string of the molecule is C#CCN1CCN(S(=O)(=O)c2ccc(C#N)cc2)CC1. The zero-order valence-electron chi connectivity index (χ0n) is 11.0. The molecule has 1 aromatic rings. The monoisotopic (exact) mass is 289 g/mol. The van der Waals surface area contributed by atoms with Gasteiger partial charge in [-0.05, 0) is 24.3 Å². The van der Waals surface area contributed by atoms with E-state index in [1.54, 1.807) is 0 Å². The van der Waals surface area contributed by atoms with Crippen molar-refractivity contribution in [2.45, 2.75) is 4.90 Å². The topological polar surface area (TPSA) is 64.4 Å². The Balaban J connectivity index is 2.12. The summed E-state index contributed by atoms with van der Waals surface area (Å²) in [7, 11) is -3.48. The molecule has 1 aliphatic heterocycles. The number of nitriles is 1. The van der Waals surface area contributed by atoms with E-state index in [9.17, 15) is 8.42 Å². The van der Waals surface area contributed by atoms with Crippen molar-refractivity contribution in [1.29, 1.82) is 5.26 Å². The van der Waals surface area contributed by atoms with Gasteiger partial charge in [0.25, 0.3) is 0 Å². The molecule has 0 aliphatic carbocycles. The maximum Gasteiger partial charge on any atom is 0.243 e. The molecule has 1 aromatic carbocycles. The van der Waals surface area contributed by atoms with Crippen molar-refractivity contribution in [2.75, 3.05) is 32.7 Å². The minimum absolute atomic E-state index is 0.224. The molecular formula is C14H15N3O2S. The van der Waals surface area contributed by atoms with Gasteiger partial charge in [-0.3, -0.25) is 4.90 Å². The van der Waals surface area contributed by atoms with Gasteiger partial charge < -0.3 is 0 Å². The van der Waals surface area contributed by atoms with Crippen LogP contribution < -0.4 is 0 Å². The fourth-order valence-electron chi connectivity index (χ4n) is 2.11. The zero-order valence-corrected chi connectivity index (χ0v) is 11.8. The molecular weight excluding hydrogens is 274 g/mol. The molecule has 0 amide bonds. The van der Waals surface area contributed by atoms with E-state index >= 15 is 0 Å². The Kier molecular flexibility index (Phi) is 4.41. The Bertz CT molecular complexity index is 645. The zero-order chi connectivity index (χ0) is 14.6. The summed E-state index contributed by atoms with van der Waals surface area (Å²) in [6, 6.07) is 7.95. The van der Waals surface area contributed by atoms with E-state index < -0.39 is 10.0 Å². The second-order valence-corrected chi connectivity index (χ2v) is 6.46. The summed E-state index contributed by atoms with van der Waals surface area (Å²) in [4.78, 5) is 2.27. The van der Waals surface area contributed by atoms with Gasteiger partial charge in [0, 0.05) is 26.2 Å². The van der Waals surface area contributed by atoms with E-state index in [-0.39, 0.29) is 4.90 Å². The Hall–Kier alpha value is -1.86. The number of benzene rings is 1. The standard InChI is InChI=1S/C14H15N3O2S/c1-2-7-16-8-10-17(11-9-16)20(18,19)14-5-3-13(12-15)4-6-14/h1,3-6H,7-11H2. The number of terminal acetylenes is 1. The van der Waals surface area contributed by atoms with Crippen LogP contribution in [0.2, 0.25) is 0 Å². The Morgan fingerprint density at radius 2 is 1.75 bits per heavy atom. The second-order valence-electron chi connectivity index (χ2n) is 4.52. The highest BCUT2D eigenvalue weighted by atomic mass is 32.2. The van der Waals surface area contributed by atoms with Crippen molar-refractivity contribution in [3.63, 3.8) is 0 Å². The second kappa shape index (κ2) is 6.06. The normalized spacial score (nSPS) is 17.3. The van der Waals surface area contributed by atoms with Crippen LogP contribution in [-0.4, -0.2) is 50.3 Å². The summed E-state index contributed by atoms with van der Waals surface area (Å²) >= 11 is 0. The molecule has 0 saturated carbocycles. The van der Waals surface area contributed by atoms with Crippen molar-refractivity contribution >= 4 is 10.0 Å². The van der Waals surface area contributed by atoms with Crippen molar-refractivity contribution < 1.29 is 8.42 Å². The largest absolute Gasteiger partial charge is 0.290 e. The van der Waals surface area contributed by atoms with E-state index in [1.165, 1.54) is 28.6 Å². The van der Waals surface area contributed by atoms with Crippen molar-refractivity contribution in [2.24, 2.45) is 0 Å².